The summed E-state index contributed by atoms with van der Waals surface area (Å²) in [5, 5.41) is 2.66. The Morgan fingerprint density at radius 1 is 1.29 bits per heavy atom. The third kappa shape index (κ3) is 5.15. The van der Waals surface area contributed by atoms with Crippen molar-refractivity contribution in [3.63, 3.8) is 0 Å². The highest BCUT2D eigenvalue weighted by molar-refractivity contribution is 5.86. The molecule has 1 amide bonds. The largest absolute Gasteiger partial charge is 0.444 e. The third-order valence-corrected chi connectivity index (χ3v) is 1.83. The van der Waals surface area contributed by atoms with Crippen LogP contribution in [0.2, 0.25) is 0 Å². The van der Waals surface area contributed by atoms with E-state index in [-0.39, 0.29) is 0 Å². The van der Waals surface area contributed by atoms with Crippen LogP contribution in [-0.4, -0.2) is 25.0 Å². The summed E-state index contributed by atoms with van der Waals surface area (Å²) in [6.45, 7) is 5.48. The summed E-state index contributed by atoms with van der Waals surface area (Å²) < 4.78 is 5.14. The lowest BCUT2D eigenvalue weighted by molar-refractivity contribution is 0.0636. The Bertz CT molecular complexity index is 402. The highest BCUT2D eigenvalue weighted by atomic mass is 16.6. The van der Waals surface area contributed by atoms with Crippen molar-refractivity contribution in [2.75, 3.05) is 12.4 Å². The average Bonchev–Trinajstić information content (AvgIpc) is 2.18. The second kappa shape index (κ2) is 5.48. The van der Waals surface area contributed by atoms with E-state index in [1.165, 1.54) is 0 Å². The Balaban J connectivity index is 2.60. The number of carbonyl (C=O) groups is 1. The molecule has 0 aliphatic heterocycles. The van der Waals surface area contributed by atoms with Crippen LogP contribution < -0.4 is 5.32 Å². The number of nitrogens with zero attached hydrogens (tertiary/aromatic N) is 1. The van der Waals surface area contributed by atoms with Gasteiger partial charge in [0.25, 0.3) is 0 Å². The van der Waals surface area contributed by atoms with Crippen LogP contribution in [0.4, 0.5) is 10.5 Å². The van der Waals surface area contributed by atoms with Crippen molar-refractivity contribution in [1.29, 1.82) is 0 Å². The predicted molar refractivity (Wildman–Crippen MR) is 69.8 cm³/mol. The summed E-state index contributed by atoms with van der Waals surface area (Å²) in [5.41, 5.74) is 1.20. The third-order valence-electron chi connectivity index (χ3n) is 1.83. The number of rotatable bonds is 2. The zero-order valence-electron chi connectivity index (χ0n) is 10.7. The van der Waals surface area contributed by atoms with Crippen molar-refractivity contribution in [3.8, 4) is 0 Å². The van der Waals surface area contributed by atoms with Gasteiger partial charge in [0.05, 0.1) is 0 Å². The van der Waals surface area contributed by atoms with E-state index in [2.05, 4.69) is 10.3 Å². The minimum atomic E-state index is -0.487. The van der Waals surface area contributed by atoms with Crippen LogP contribution in [0.1, 0.15) is 26.3 Å². The summed E-state index contributed by atoms with van der Waals surface area (Å²) in [6, 6.07) is 7.36. The first-order valence-electron chi connectivity index (χ1n) is 5.43. The van der Waals surface area contributed by atoms with E-state index in [0.29, 0.717) is 5.69 Å². The Labute approximate surface area is 102 Å². The van der Waals surface area contributed by atoms with Gasteiger partial charge in [-0.15, -0.1) is 0 Å². The van der Waals surface area contributed by atoms with E-state index in [4.69, 9.17) is 4.74 Å². The maximum Gasteiger partial charge on any atom is 0.412 e. The molecule has 0 atom stereocenters. The van der Waals surface area contributed by atoms with Crippen LogP contribution in [0.15, 0.2) is 29.3 Å². The molecule has 0 aromatic heterocycles. The topological polar surface area (TPSA) is 50.7 Å². The van der Waals surface area contributed by atoms with Crippen molar-refractivity contribution in [2.45, 2.75) is 26.4 Å². The lowest BCUT2D eigenvalue weighted by Crippen LogP contribution is -2.27. The molecule has 0 radical (unpaired) electrons. The number of amides is 1. The fraction of sp³-hybridized carbons (Fsp3) is 0.385. The molecular formula is C13H18N2O2. The SMILES string of the molecule is CN=Cc1ccc(NC(=O)OC(C)(C)C)cc1. The standard InChI is InChI=1S/C13H18N2O2/c1-13(2,3)17-12(16)15-11-7-5-10(6-8-11)9-14-4/h5-9H,1-4H3,(H,15,16). The maximum atomic E-state index is 11.5. The molecule has 0 spiro atoms. The van der Waals surface area contributed by atoms with Gasteiger partial charge >= 0.3 is 6.09 Å². The van der Waals surface area contributed by atoms with Crippen LogP contribution in [0, 0.1) is 0 Å². The van der Waals surface area contributed by atoms with Crippen LogP contribution >= 0.6 is 0 Å². The Morgan fingerprint density at radius 2 is 1.88 bits per heavy atom. The molecule has 0 saturated carbocycles. The molecule has 4 heteroatoms. The second-order valence-corrected chi connectivity index (χ2v) is 4.64. The zero-order valence-corrected chi connectivity index (χ0v) is 10.7. The van der Waals surface area contributed by atoms with E-state index in [1.807, 2.05) is 32.9 Å². The maximum absolute atomic E-state index is 11.5. The van der Waals surface area contributed by atoms with Crippen molar-refractivity contribution in [3.05, 3.63) is 29.8 Å². The Hall–Kier alpha value is -1.84. The molecule has 4 nitrogen and oxygen atoms in total. The molecule has 0 bridgehead atoms. The van der Waals surface area contributed by atoms with Gasteiger partial charge in [-0.25, -0.2) is 4.79 Å². The normalized spacial score (nSPS) is 11.5. The van der Waals surface area contributed by atoms with Crippen molar-refractivity contribution in [2.24, 2.45) is 4.99 Å². The van der Waals surface area contributed by atoms with Gasteiger partial charge in [0.2, 0.25) is 0 Å². The van der Waals surface area contributed by atoms with Crippen LogP contribution in [0.3, 0.4) is 0 Å². The van der Waals surface area contributed by atoms with Crippen molar-refractivity contribution >= 4 is 18.0 Å². The van der Waals surface area contributed by atoms with E-state index < -0.39 is 11.7 Å². The Morgan fingerprint density at radius 3 is 2.35 bits per heavy atom. The van der Waals surface area contributed by atoms with E-state index in [9.17, 15) is 4.79 Å². The van der Waals surface area contributed by atoms with Gasteiger partial charge in [-0.3, -0.25) is 10.3 Å². The fourth-order valence-corrected chi connectivity index (χ4v) is 1.22. The molecule has 0 aliphatic rings. The molecular weight excluding hydrogens is 216 g/mol. The first-order valence-corrected chi connectivity index (χ1v) is 5.43. The quantitative estimate of drug-likeness (QED) is 0.799. The molecule has 0 heterocycles. The molecule has 0 fully saturated rings. The molecule has 1 aromatic carbocycles. The van der Waals surface area contributed by atoms with Gasteiger partial charge in [0.1, 0.15) is 5.60 Å². The van der Waals surface area contributed by atoms with E-state index >= 15 is 0 Å². The number of nitrogens with one attached hydrogen (secondary N) is 1. The van der Waals surface area contributed by atoms with Gasteiger partial charge in [0.15, 0.2) is 0 Å². The second-order valence-electron chi connectivity index (χ2n) is 4.64. The Kier molecular flexibility index (Phi) is 4.26. The number of benzene rings is 1. The molecule has 0 aliphatic carbocycles. The predicted octanol–water partition coefficient (Wildman–Crippen LogP) is 3.08. The molecule has 1 N–H and O–H groups in total. The highest BCUT2D eigenvalue weighted by Gasteiger charge is 2.15. The number of ether oxygens (including phenoxy) is 1. The molecule has 1 aromatic rings. The van der Waals surface area contributed by atoms with Crippen LogP contribution in [0.25, 0.3) is 0 Å². The monoisotopic (exact) mass is 234 g/mol. The number of carbonyl (C=O) groups excluding carboxylic acids is 1. The van der Waals surface area contributed by atoms with Gasteiger partial charge in [-0.2, -0.15) is 0 Å². The number of anilines is 1. The first kappa shape index (κ1) is 13.2. The number of hydrogen-bond donors (Lipinski definition) is 1. The van der Waals surface area contributed by atoms with Gasteiger partial charge in [0, 0.05) is 18.9 Å². The summed E-state index contributed by atoms with van der Waals surface area (Å²) in [6.07, 6.45) is 1.30. The van der Waals surface area contributed by atoms with Gasteiger partial charge in [-0.05, 0) is 38.5 Å². The van der Waals surface area contributed by atoms with Crippen molar-refractivity contribution in [1.82, 2.24) is 0 Å². The van der Waals surface area contributed by atoms with Gasteiger partial charge < -0.3 is 4.74 Å². The van der Waals surface area contributed by atoms with E-state index in [0.717, 1.165) is 5.56 Å². The zero-order chi connectivity index (χ0) is 12.9. The fourth-order valence-electron chi connectivity index (χ4n) is 1.22. The van der Waals surface area contributed by atoms with Gasteiger partial charge in [-0.1, -0.05) is 12.1 Å². The summed E-state index contributed by atoms with van der Waals surface area (Å²) >= 11 is 0. The first-order chi connectivity index (χ1) is 7.90. The van der Waals surface area contributed by atoms with Crippen molar-refractivity contribution < 1.29 is 9.53 Å². The molecule has 1 rings (SSSR count). The van der Waals surface area contributed by atoms with Crippen LogP contribution in [-0.2, 0) is 4.74 Å². The molecule has 17 heavy (non-hydrogen) atoms. The average molecular weight is 234 g/mol. The molecule has 92 valence electrons. The minimum absolute atomic E-state index is 0.450. The highest BCUT2D eigenvalue weighted by Crippen LogP contribution is 2.12. The lowest BCUT2D eigenvalue weighted by Gasteiger charge is -2.19. The number of aliphatic imine (C=N–C) groups is 1. The number of hydrogen-bond acceptors (Lipinski definition) is 3. The molecule has 0 saturated heterocycles. The summed E-state index contributed by atoms with van der Waals surface area (Å²) in [7, 11) is 1.72. The lowest BCUT2D eigenvalue weighted by atomic mass is 10.2. The summed E-state index contributed by atoms with van der Waals surface area (Å²) in [4.78, 5) is 15.4. The smallest absolute Gasteiger partial charge is 0.412 e. The molecule has 0 unspecified atom stereocenters. The van der Waals surface area contributed by atoms with E-state index in [1.54, 1.807) is 25.4 Å². The van der Waals surface area contributed by atoms with Crippen LogP contribution in [0.5, 0.6) is 0 Å². The minimum Gasteiger partial charge on any atom is -0.444 e. The summed E-state index contributed by atoms with van der Waals surface area (Å²) in [5.74, 6) is 0.